The number of nitrogens with one attached hydrogen (secondary N) is 1. The van der Waals surface area contributed by atoms with Crippen LogP contribution in [0.2, 0.25) is 0 Å². The average Bonchev–Trinajstić information content (AvgIpc) is 3.24. The van der Waals surface area contributed by atoms with Gasteiger partial charge in [0.25, 0.3) is 11.8 Å². The van der Waals surface area contributed by atoms with Crippen molar-refractivity contribution in [2.24, 2.45) is 5.92 Å². The third-order valence-electron chi connectivity index (χ3n) is 4.78. The van der Waals surface area contributed by atoms with Crippen molar-refractivity contribution in [2.75, 3.05) is 0 Å². The standard InChI is InChI=1S/C23H22F3N3O4/c1-13(2)19(28-21(30)15-9-7-14(3)8-10-15)22(31)32-12-18-27-20(29-33-18)16-5-4-6-17(11-16)23(24,25)26/h4-11,13,19H,12H2,1-3H3,(H,28,30)/t19-/m0/s1. The van der Waals surface area contributed by atoms with Crippen molar-refractivity contribution in [3.05, 3.63) is 71.1 Å². The minimum absolute atomic E-state index is 0.0692. The molecule has 1 aromatic heterocycles. The van der Waals surface area contributed by atoms with Crippen LogP contribution in [0, 0.1) is 12.8 Å². The molecule has 1 amide bonds. The van der Waals surface area contributed by atoms with Gasteiger partial charge in [-0.25, -0.2) is 4.79 Å². The number of halogens is 3. The predicted molar refractivity (Wildman–Crippen MR) is 112 cm³/mol. The molecule has 0 bridgehead atoms. The van der Waals surface area contributed by atoms with E-state index in [1.54, 1.807) is 38.1 Å². The quantitative estimate of drug-likeness (QED) is 0.519. The zero-order valence-corrected chi connectivity index (χ0v) is 18.1. The van der Waals surface area contributed by atoms with Gasteiger partial charge < -0.3 is 14.6 Å². The zero-order valence-electron chi connectivity index (χ0n) is 18.1. The molecule has 3 rings (SSSR count). The predicted octanol–water partition coefficient (Wildman–Crippen LogP) is 4.56. The average molecular weight is 461 g/mol. The minimum Gasteiger partial charge on any atom is -0.454 e. The molecule has 0 fully saturated rings. The number of amides is 1. The van der Waals surface area contributed by atoms with Crippen LogP contribution in [0.4, 0.5) is 13.2 Å². The maximum atomic E-state index is 12.9. The Balaban J connectivity index is 1.64. The second-order valence-electron chi connectivity index (χ2n) is 7.76. The van der Waals surface area contributed by atoms with Gasteiger partial charge in [0.05, 0.1) is 5.56 Å². The van der Waals surface area contributed by atoms with Crippen molar-refractivity contribution in [1.29, 1.82) is 0 Å². The van der Waals surface area contributed by atoms with Gasteiger partial charge in [0.1, 0.15) is 6.04 Å². The van der Waals surface area contributed by atoms with Gasteiger partial charge in [-0.1, -0.05) is 48.8 Å². The highest BCUT2D eigenvalue weighted by atomic mass is 19.4. The summed E-state index contributed by atoms with van der Waals surface area (Å²) < 4.78 is 48.9. The van der Waals surface area contributed by atoms with Crippen LogP contribution in [0.1, 0.15) is 41.2 Å². The number of benzene rings is 2. The monoisotopic (exact) mass is 461 g/mol. The zero-order chi connectivity index (χ0) is 24.2. The van der Waals surface area contributed by atoms with Gasteiger partial charge in [0, 0.05) is 11.1 Å². The van der Waals surface area contributed by atoms with Crippen molar-refractivity contribution < 1.29 is 32.0 Å². The van der Waals surface area contributed by atoms with E-state index in [4.69, 9.17) is 9.26 Å². The Morgan fingerprint density at radius 2 is 1.82 bits per heavy atom. The summed E-state index contributed by atoms with van der Waals surface area (Å²) in [6, 6.07) is 10.4. The molecule has 1 atom stereocenters. The van der Waals surface area contributed by atoms with E-state index >= 15 is 0 Å². The topological polar surface area (TPSA) is 94.3 Å². The van der Waals surface area contributed by atoms with Gasteiger partial charge in [0.2, 0.25) is 5.82 Å². The van der Waals surface area contributed by atoms with Crippen molar-refractivity contribution in [3.63, 3.8) is 0 Å². The number of nitrogens with zero attached hydrogens (tertiary/aromatic N) is 2. The van der Waals surface area contributed by atoms with Crippen LogP contribution in [0.5, 0.6) is 0 Å². The molecule has 1 heterocycles. The van der Waals surface area contributed by atoms with E-state index in [0.29, 0.717) is 5.56 Å². The van der Waals surface area contributed by atoms with Gasteiger partial charge in [-0.2, -0.15) is 18.2 Å². The lowest BCUT2D eigenvalue weighted by atomic mass is 10.0. The first-order valence-electron chi connectivity index (χ1n) is 10.1. The smallest absolute Gasteiger partial charge is 0.416 e. The third-order valence-corrected chi connectivity index (χ3v) is 4.78. The maximum Gasteiger partial charge on any atom is 0.416 e. The molecule has 7 nitrogen and oxygen atoms in total. The molecule has 0 spiro atoms. The molecule has 33 heavy (non-hydrogen) atoms. The Hall–Kier alpha value is -3.69. The fourth-order valence-electron chi connectivity index (χ4n) is 2.92. The second-order valence-corrected chi connectivity index (χ2v) is 7.76. The number of hydrogen-bond donors (Lipinski definition) is 1. The molecular formula is C23H22F3N3O4. The summed E-state index contributed by atoms with van der Waals surface area (Å²) in [5.41, 5.74) is 0.663. The number of ether oxygens (including phenoxy) is 1. The molecule has 0 aliphatic carbocycles. The summed E-state index contributed by atoms with van der Waals surface area (Å²) in [4.78, 5) is 29.0. The number of aromatic nitrogens is 2. The Kier molecular flexibility index (Phi) is 7.15. The molecule has 1 N–H and O–H groups in total. The molecule has 0 radical (unpaired) electrons. The molecule has 3 aromatic rings. The third kappa shape index (κ3) is 6.18. The Morgan fingerprint density at radius 1 is 1.12 bits per heavy atom. The number of carbonyl (C=O) groups excluding carboxylic acids is 2. The second kappa shape index (κ2) is 9.85. The fraction of sp³-hybridized carbons (Fsp3) is 0.304. The molecule has 0 saturated heterocycles. The van der Waals surface area contributed by atoms with E-state index in [0.717, 1.165) is 17.7 Å². The van der Waals surface area contributed by atoms with Gasteiger partial charge >= 0.3 is 12.1 Å². The number of rotatable bonds is 7. The lowest BCUT2D eigenvalue weighted by Gasteiger charge is -2.20. The van der Waals surface area contributed by atoms with Crippen LogP contribution < -0.4 is 5.32 Å². The number of hydrogen-bond acceptors (Lipinski definition) is 6. The minimum atomic E-state index is -4.51. The van der Waals surface area contributed by atoms with E-state index in [2.05, 4.69) is 15.5 Å². The van der Waals surface area contributed by atoms with Crippen LogP contribution in [-0.4, -0.2) is 28.1 Å². The van der Waals surface area contributed by atoms with Crippen molar-refractivity contribution in [2.45, 2.75) is 39.6 Å². The molecule has 2 aromatic carbocycles. The van der Waals surface area contributed by atoms with Crippen LogP contribution in [-0.2, 0) is 22.3 Å². The summed E-state index contributed by atoms with van der Waals surface area (Å²) in [5, 5.41) is 6.30. The molecule has 0 aliphatic rings. The van der Waals surface area contributed by atoms with Gasteiger partial charge in [-0.3, -0.25) is 4.79 Å². The van der Waals surface area contributed by atoms with E-state index < -0.39 is 36.3 Å². The molecular weight excluding hydrogens is 439 g/mol. The highest BCUT2D eigenvalue weighted by Crippen LogP contribution is 2.31. The molecule has 10 heteroatoms. The van der Waals surface area contributed by atoms with E-state index in [1.807, 2.05) is 6.92 Å². The van der Waals surface area contributed by atoms with Gasteiger partial charge in [0.15, 0.2) is 6.61 Å². The summed E-state index contributed by atoms with van der Waals surface area (Å²) >= 11 is 0. The summed E-state index contributed by atoms with van der Waals surface area (Å²) in [6.45, 7) is 5.00. The normalized spacial score (nSPS) is 12.5. The molecule has 174 valence electrons. The maximum absolute atomic E-state index is 12.9. The Bertz CT molecular complexity index is 1120. The van der Waals surface area contributed by atoms with Crippen molar-refractivity contribution in [3.8, 4) is 11.4 Å². The summed E-state index contributed by atoms with van der Waals surface area (Å²) in [6.07, 6.45) is -4.51. The first-order valence-corrected chi connectivity index (χ1v) is 10.1. The van der Waals surface area contributed by atoms with Crippen molar-refractivity contribution in [1.82, 2.24) is 15.5 Å². The molecule has 0 saturated carbocycles. The molecule has 0 unspecified atom stereocenters. The lowest BCUT2D eigenvalue weighted by molar-refractivity contribution is -0.149. The number of aryl methyl sites for hydroxylation is 1. The van der Waals surface area contributed by atoms with E-state index in [1.165, 1.54) is 12.1 Å². The lowest BCUT2D eigenvalue weighted by Crippen LogP contribution is -2.45. The van der Waals surface area contributed by atoms with E-state index in [-0.39, 0.29) is 23.2 Å². The van der Waals surface area contributed by atoms with Crippen LogP contribution in [0.3, 0.4) is 0 Å². The van der Waals surface area contributed by atoms with Crippen LogP contribution in [0.25, 0.3) is 11.4 Å². The van der Waals surface area contributed by atoms with Crippen LogP contribution in [0.15, 0.2) is 53.1 Å². The number of alkyl halides is 3. The first-order chi connectivity index (χ1) is 15.5. The highest BCUT2D eigenvalue weighted by Gasteiger charge is 2.31. The largest absolute Gasteiger partial charge is 0.454 e. The SMILES string of the molecule is Cc1ccc(C(=O)N[C@H](C(=O)OCc2nc(-c3cccc(C(F)(F)F)c3)no2)C(C)C)cc1. The van der Waals surface area contributed by atoms with Crippen molar-refractivity contribution >= 4 is 11.9 Å². The Labute approximate surface area is 187 Å². The Morgan fingerprint density at radius 3 is 2.45 bits per heavy atom. The highest BCUT2D eigenvalue weighted by molar-refractivity contribution is 5.96. The summed E-state index contributed by atoms with van der Waals surface area (Å²) in [7, 11) is 0. The van der Waals surface area contributed by atoms with Gasteiger partial charge in [-0.05, 0) is 37.1 Å². The number of esters is 1. The summed E-state index contributed by atoms with van der Waals surface area (Å²) in [5.74, 6) is -1.56. The number of carbonyl (C=O) groups is 2. The fourth-order valence-corrected chi connectivity index (χ4v) is 2.92. The van der Waals surface area contributed by atoms with Crippen LogP contribution >= 0.6 is 0 Å². The van der Waals surface area contributed by atoms with E-state index in [9.17, 15) is 22.8 Å². The molecule has 0 aliphatic heterocycles. The van der Waals surface area contributed by atoms with Gasteiger partial charge in [-0.15, -0.1) is 0 Å². The first kappa shape index (κ1) is 24.0.